The molecule has 0 unspecified atom stereocenters. The number of aryl methyl sites for hydroxylation is 2. The fraction of sp³-hybridized carbons (Fsp3) is 0.308. The van der Waals surface area contributed by atoms with Gasteiger partial charge in [-0.05, 0) is 25.8 Å². The van der Waals surface area contributed by atoms with Crippen LogP contribution in [0.3, 0.4) is 0 Å². The third kappa shape index (κ3) is 3.56. The van der Waals surface area contributed by atoms with Gasteiger partial charge < -0.3 is 4.98 Å². The Hall–Kier alpha value is -1.44. The molecule has 108 valence electrons. The molecule has 0 saturated heterocycles. The van der Waals surface area contributed by atoms with E-state index in [2.05, 4.69) is 9.71 Å². The Bertz CT molecular complexity index is 760. The highest BCUT2D eigenvalue weighted by Gasteiger charge is 2.19. The fourth-order valence-corrected chi connectivity index (χ4v) is 4.29. The molecule has 0 aliphatic carbocycles. The zero-order valence-electron chi connectivity index (χ0n) is 11.3. The number of rotatable bonds is 5. The second-order valence-electron chi connectivity index (χ2n) is 4.56. The van der Waals surface area contributed by atoms with Gasteiger partial charge >= 0.3 is 4.87 Å². The maximum absolute atomic E-state index is 12.1. The molecule has 1 aromatic carbocycles. The average Bonchev–Trinajstić information content (AvgIpc) is 2.69. The van der Waals surface area contributed by atoms with Gasteiger partial charge in [0.25, 0.3) is 10.0 Å². The summed E-state index contributed by atoms with van der Waals surface area (Å²) in [5.74, 6) is 0. The van der Waals surface area contributed by atoms with E-state index in [0.717, 1.165) is 11.1 Å². The third-order valence-electron chi connectivity index (χ3n) is 2.81. The van der Waals surface area contributed by atoms with Crippen molar-refractivity contribution < 1.29 is 8.42 Å². The Morgan fingerprint density at radius 3 is 2.65 bits per heavy atom. The quantitative estimate of drug-likeness (QED) is 0.879. The van der Waals surface area contributed by atoms with Crippen molar-refractivity contribution in [3.05, 3.63) is 50.8 Å². The Balaban J connectivity index is 2.03. The highest BCUT2D eigenvalue weighted by molar-refractivity contribution is 7.91. The van der Waals surface area contributed by atoms with Crippen LogP contribution in [0.1, 0.15) is 16.8 Å². The van der Waals surface area contributed by atoms with E-state index in [-0.39, 0.29) is 9.08 Å². The van der Waals surface area contributed by atoms with Crippen LogP contribution in [-0.2, 0) is 16.4 Å². The van der Waals surface area contributed by atoms with E-state index in [1.807, 2.05) is 31.2 Å². The lowest BCUT2D eigenvalue weighted by Gasteiger charge is -2.06. The van der Waals surface area contributed by atoms with Crippen LogP contribution in [0.25, 0.3) is 0 Å². The van der Waals surface area contributed by atoms with Crippen LogP contribution in [0.2, 0.25) is 0 Å². The SMILES string of the molecule is Cc1cccc(CCNS(=O)(=O)c2sc(=O)[nH]c2C)c1. The van der Waals surface area contributed by atoms with Gasteiger partial charge in [0, 0.05) is 12.2 Å². The summed E-state index contributed by atoms with van der Waals surface area (Å²) in [5.41, 5.74) is 2.60. The van der Waals surface area contributed by atoms with Crippen molar-refractivity contribution in [3.8, 4) is 0 Å². The average molecular weight is 312 g/mol. The maximum atomic E-state index is 12.1. The van der Waals surface area contributed by atoms with Gasteiger partial charge in [0.2, 0.25) is 0 Å². The van der Waals surface area contributed by atoms with Crippen LogP contribution in [0, 0.1) is 13.8 Å². The first-order valence-corrected chi connectivity index (χ1v) is 8.43. The van der Waals surface area contributed by atoms with Crippen molar-refractivity contribution in [3.63, 3.8) is 0 Å². The molecule has 5 nitrogen and oxygen atoms in total. The minimum atomic E-state index is -3.61. The van der Waals surface area contributed by atoms with Crippen LogP contribution in [-0.4, -0.2) is 19.9 Å². The summed E-state index contributed by atoms with van der Waals surface area (Å²) in [6.07, 6.45) is 0.610. The molecule has 1 aromatic heterocycles. The zero-order valence-corrected chi connectivity index (χ0v) is 12.9. The molecule has 0 aliphatic rings. The molecule has 2 aromatic rings. The molecule has 2 rings (SSSR count). The fourth-order valence-electron chi connectivity index (χ4n) is 1.91. The Morgan fingerprint density at radius 1 is 1.30 bits per heavy atom. The first kappa shape index (κ1) is 15.0. The van der Waals surface area contributed by atoms with E-state index in [9.17, 15) is 13.2 Å². The predicted molar refractivity (Wildman–Crippen MR) is 79.7 cm³/mol. The molecule has 7 heteroatoms. The molecule has 0 radical (unpaired) electrons. The first-order valence-electron chi connectivity index (χ1n) is 6.13. The number of sulfonamides is 1. The Kier molecular flexibility index (Phi) is 4.42. The summed E-state index contributed by atoms with van der Waals surface area (Å²) in [6, 6.07) is 7.92. The first-order chi connectivity index (χ1) is 9.38. The molecule has 0 bridgehead atoms. The monoisotopic (exact) mass is 312 g/mol. The van der Waals surface area contributed by atoms with Crippen LogP contribution in [0.4, 0.5) is 0 Å². The lowest BCUT2D eigenvalue weighted by atomic mass is 10.1. The summed E-state index contributed by atoms with van der Waals surface area (Å²) in [6.45, 7) is 3.87. The Morgan fingerprint density at radius 2 is 2.05 bits per heavy atom. The second kappa shape index (κ2) is 5.90. The van der Waals surface area contributed by atoms with E-state index in [1.165, 1.54) is 0 Å². The molecular formula is C13H16N2O3S2. The molecular weight excluding hydrogens is 296 g/mol. The van der Waals surface area contributed by atoms with Gasteiger partial charge in [-0.15, -0.1) is 0 Å². The highest BCUT2D eigenvalue weighted by Crippen LogP contribution is 2.15. The van der Waals surface area contributed by atoms with Gasteiger partial charge in [-0.25, -0.2) is 13.1 Å². The third-order valence-corrected chi connectivity index (χ3v) is 5.88. The predicted octanol–water partition coefficient (Wildman–Crippen LogP) is 1.57. The molecule has 20 heavy (non-hydrogen) atoms. The van der Waals surface area contributed by atoms with Crippen LogP contribution in [0.15, 0.2) is 33.3 Å². The smallest absolute Gasteiger partial charge is 0.305 e. The maximum Gasteiger partial charge on any atom is 0.305 e. The van der Waals surface area contributed by atoms with E-state index >= 15 is 0 Å². The summed E-state index contributed by atoms with van der Waals surface area (Å²) >= 11 is 0.708. The highest BCUT2D eigenvalue weighted by atomic mass is 32.2. The number of benzene rings is 1. The van der Waals surface area contributed by atoms with Gasteiger partial charge in [-0.2, -0.15) is 0 Å². The number of aromatic amines is 1. The van der Waals surface area contributed by atoms with Crippen molar-refractivity contribution >= 4 is 21.4 Å². The number of hydrogen-bond donors (Lipinski definition) is 2. The number of nitrogens with one attached hydrogen (secondary N) is 2. The molecule has 1 heterocycles. The molecule has 2 N–H and O–H groups in total. The summed E-state index contributed by atoms with van der Waals surface area (Å²) in [7, 11) is -3.61. The van der Waals surface area contributed by atoms with Crippen LogP contribution in [0.5, 0.6) is 0 Å². The van der Waals surface area contributed by atoms with Crippen molar-refractivity contribution in [1.29, 1.82) is 0 Å². The van der Waals surface area contributed by atoms with Gasteiger partial charge in [0.15, 0.2) is 4.21 Å². The molecule has 0 atom stereocenters. The Labute approximate surface area is 121 Å². The van der Waals surface area contributed by atoms with Gasteiger partial charge in [-0.3, -0.25) is 4.79 Å². The lowest BCUT2D eigenvalue weighted by molar-refractivity contribution is 0.583. The molecule has 0 aliphatic heterocycles. The van der Waals surface area contributed by atoms with Crippen LogP contribution >= 0.6 is 11.3 Å². The zero-order chi connectivity index (χ0) is 14.8. The molecule has 0 spiro atoms. The van der Waals surface area contributed by atoms with Crippen molar-refractivity contribution in [2.24, 2.45) is 0 Å². The van der Waals surface area contributed by atoms with E-state index in [0.29, 0.717) is 30.0 Å². The van der Waals surface area contributed by atoms with E-state index in [4.69, 9.17) is 0 Å². The summed E-state index contributed by atoms with van der Waals surface area (Å²) in [4.78, 5) is 13.3. The van der Waals surface area contributed by atoms with Gasteiger partial charge in [0.1, 0.15) is 0 Å². The normalized spacial score (nSPS) is 11.7. The molecule has 0 amide bonds. The number of aromatic nitrogens is 1. The van der Waals surface area contributed by atoms with Crippen molar-refractivity contribution in [2.75, 3.05) is 6.54 Å². The topological polar surface area (TPSA) is 79.0 Å². The molecule has 0 fully saturated rings. The molecule has 0 saturated carbocycles. The van der Waals surface area contributed by atoms with Gasteiger partial charge in [-0.1, -0.05) is 41.2 Å². The van der Waals surface area contributed by atoms with Crippen LogP contribution < -0.4 is 9.60 Å². The largest absolute Gasteiger partial charge is 0.315 e. The summed E-state index contributed by atoms with van der Waals surface area (Å²) < 4.78 is 26.7. The standard InChI is InChI=1S/C13H16N2O3S2/c1-9-4-3-5-11(8-9)6-7-14-20(17,18)12-10(2)15-13(16)19-12/h3-5,8,14H,6-7H2,1-2H3,(H,15,16). The number of hydrogen-bond acceptors (Lipinski definition) is 4. The lowest BCUT2D eigenvalue weighted by Crippen LogP contribution is -2.25. The van der Waals surface area contributed by atoms with Crippen molar-refractivity contribution in [2.45, 2.75) is 24.5 Å². The second-order valence-corrected chi connectivity index (χ2v) is 7.51. The number of thiazole rings is 1. The van der Waals surface area contributed by atoms with E-state index < -0.39 is 10.0 Å². The van der Waals surface area contributed by atoms with Crippen molar-refractivity contribution in [1.82, 2.24) is 9.71 Å². The minimum absolute atomic E-state index is 0.0618. The van der Waals surface area contributed by atoms with E-state index in [1.54, 1.807) is 6.92 Å². The number of H-pyrrole nitrogens is 1. The van der Waals surface area contributed by atoms with Gasteiger partial charge in [0.05, 0.1) is 0 Å². The summed E-state index contributed by atoms with van der Waals surface area (Å²) in [5, 5.41) is 0. The minimum Gasteiger partial charge on any atom is -0.315 e.